The number of ether oxygens (including phenoxy) is 1. The van der Waals surface area contributed by atoms with E-state index in [0.29, 0.717) is 6.42 Å². The van der Waals surface area contributed by atoms with Crippen LogP contribution in [0.3, 0.4) is 0 Å². The molecule has 0 radical (unpaired) electrons. The zero-order valence-electron chi connectivity index (χ0n) is 29.5. The van der Waals surface area contributed by atoms with Crippen LogP contribution in [-0.2, 0) is 14.3 Å². The van der Waals surface area contributed by atoms with E-state index in [1.165, 1.54) is 167 Å². The van der Waals surface area contributed by atoms with E-state index >= 15 is 0 Å². The number of rotatable bonds is 35. The zero-order chi connectivity index (χ0) is 32.2. The third kappa shape index (κ3) is 33.3. The van der Waals surface area contributed by atoms with Crippen molar-refractivity contribution >= 4 is 11.9 Å². The molecule has 0 aliphatic carbocycles. The number of carboxylic acid groups (broad SMARTS) is 1. The molecule has 0 spiro atoms. The number of hydrogen-bond acceptors (Lipinski definition) is 3. The molecule has 0 aromatic heterocycles. The Bertz CT molecular complexity index is 668. The molecule has 1 N–H and O–H groups in total. The van der Waals surface area contributed by atoms with Gasteiger partial charge in [0, 0.05) is 0 Å². The third-order valence-electron chi connectivity index (χ3n) is 8.84. The number of aliphatic carboxylic acids is 1. The average Bonchev–Trinajstić information content (AvgIpc) is 3.01. The molecule has 0 bridgehead atoms. The maximum Gasteiger partial charge on any atom is 0.311 e. The minimum Gasteiger partial charge on any atom is -0.481 e. The Morgan fingerprint density at radius 2 is 0.841 bits per heavy atom. The topological polar surface area (TPSA) is 63.6 Å². The monoisotopic (exact) mass is 619 g/mol. The molecular weight excluding hydrogens is 544 g/mol. The van der Waals surface area contributed by atoms with Gasteiger partial charge in [-0.25, -0.2) is 0 Å². The fourth-order valence-electron chi connectivity index (χ4n) is 5.83. The molecule has 0 aliphatic heterocycles. The first kappa shape index (κ1) is 42.4. The van der Waals surface area contributed by atoms with Gasteiger partial charge in [0.2, 0.25) is 0 Å². The summed E-state index contributed by atoms with van der Waals surface area (Å²) in [5.41, 5.74) is 0. The number of unbranched alkanes of at least 4 members (excludes halogenated alkanes) is 27. The number of allylic oxidation sites excluding steroid dienone is 3. The maximum atomic E-state index is 12.1. The molecule has 1 unspecified atom stereocenters. The molecule has 0 saturated carbocycles. The van der Waals surface area contributed by atoms with E-state index in [4.69, 9.17) is 4.74 Å². The first-order valence-electron chi connectivity index (χ1n) is 19.3. The van der Waals surface area contributed by atoms with E-state index in [1.807, 2.05) is 12.2 Å². The molecule has 1 atom stereocenters. The quantitative estimate of drug-likeness (QED) is 0.0332. The van der Waals surface area contributed by atoms with Crippen LogP contribution >= 0.6 is 0 Å². The van der Waals surface area contributed by atoms with Crippen molar-refractivity contribution in [3.8, 4) is 0 Å². The molecule has 44 heavy (non-hydrogen) atoms. The number of carboxylic acids is 1. The first-order valence-corrected chi connectivity index (χ1v) is 19.3. The molecule has 0 aromatic carbocycles. The molecule has 4 nitrogen and oxygen atoms in total. The van der Waals surface area contributed by atoms with Crippen molar-refractivity contribution in [2.45, 2.75) is 213 Å². The van der Waals surface area contributed by atoms with Gasteiger partial charge in [0.25, 0.3) is 0 Å². The van der Waals surface area contributed by atoms with Crippen molar-refractivity contribution in [1.82, 2.24) is 0 Å². The van der Waals surface area contributed by atoms with E-state index < -0.39 is 17.9 Å². The van der Waals surface area contributed by atoms with Crippen LogP contribution in [0.4, 0.5) is 0 Å². The highest BCUT2D eigenvalue weighted by atomic mass is 16.5. The molecular formula is C40H74O4. The molecule has 0 rings (SSSR count). The lowest BCUT2D eigenvalue weighted by Gasteiger charge is -2.08. The Hall–Kier alpha value is -1.58. The lowest BCUT2D eigenvalue weighted by molar-refractivity contribution is -0.148. The predicted molar refractivity (Wildman–Crippen MR) is 190 cm³/mol. The van der Waals surface area contributed by atoms with Gasteiger partial charge in [-0.2, -0.15) is 0 Å². The highest BCUT2D eigenvalue weighted by Gasteiger charge is 2.20. The summed E-state index contributed by atoms with van der Waals surface area (Å²) in [6.45, 7) is 4.54. The van der Waals surface area contributed by atoms with Crippen LogP contribution in [-0.4, -0.2) is 17.0 Å². The van der Waals surface area contributed by atoms with E-state index in [2.05, 4.69) is 19.9 Å². The van der Waals surface area contributed by atoms with E-state index in [0.717, 1.165) is 25.7 Å². The Morgan fingerprint density at radius 1 is 0.500 bits per heavy atom. The van der Waals surface area contributed by atoms with Crippen molar-refractivity contribution in [1.29, 1.82) is 0 Å². The zero-order valence-corrected chi connectivity index (χ0v) is 29.5. The Kier molecular flexibility index (Phi) is 34.6. The van der Waals surface area contributed by atoms with Crippen LogP contribution in [0.2, 0.25) is 0 Å². The smallest absolute Gasteiger partial charge is 0.311 e. The highest BCUT2D eigenvalue weighted by molar-refractivity contribution is 5.79. The normalized spacial score (nSPS) is 12.4. The van der Waals surface area contributed by atoms with Gasteiger partial charge in [0.1, 0.15) is 0 Å². The Labute approximate surface area is 274 Å². The molecule has 0 saturated heterocycles. The number of carbonyl (C=O) groups is 2. The van der Waals surface area contributed by atoms with E-state index in [1.54, 1.807) is 0 Å². The van der Waals surface area contributed by atoms with Gasteiger partial charge in [-0.15, -0.1) is 0 Å². The molecule has 4 heteroatoms. The summed E-state index contributed by atoms with van der Waals surface area (Å²) in [6.07, 6.45) is 45.8. The van der Waals surface area contributed by atoms with Gasteiger partial charge in [-0.05, 0) is 38.2 Å². The lowest BCUT2D eigenvalue weighted by atomic mass is 10.0. The largest absolute Gasteiger partial charge is 0.481 e. The Morgan fingerprint density at radius 3 is 1.20 bits per heavy atom. The second-order valence-electron chi connectivity index (χ2n) is 13.2. The minimum atomic E-state index is -0.932. The van der Waals surface area contributed by atoms with Crippen LogP contribution < -0.4 is 0 Å². The van der Waals surface area contributed by atoms with Crippen molar-refractivity contribution < 1.29 is 19.4 Å². The van der Waals surface area contributed by atoms with Gasteiger partial charge < -0.3 is 9.84 Å². The average molecular weight is 619 g/mol. The van der Waals surface area contributed by atoms with Crippen LogP contribution in [0.15, 0.2) is 24.5 Å². The second-order valence-corrected chi connectivity index (χ2v) is 13.2. The maximum absolute atomic E-state index is 12.1. The molecule has 0 amide bonds. The predicted octanol–water partition coefficient (Wildman–Crippen LogP) is 13.4. The van der Waals surface area contributed by atoms with Crippen LogP contribution in [0.25, 0.3) is 0 Å². The van der Waals surface area contributed by atoms with Crippen molar-refractivity contribution in [2.75, 3.05) is 0 Å². The van der Waals surface area contributed by atoms with Crippen molar-refractivity contribution in [3.05, 3.63) is 24.5 Å². The molecule has 258 valence electrons. The van der Waals surface area contributed by atoms with Crippen LogP contribution in [0.1, 0.15) is 213 Å². The SMILES string of the molecule is CCCCCCCCCCCCCCCC=CCC(CC(=O)OC=CCCCCCCCCCCCCCCCC)C(=O)O. The summed E-state index contributed by atoms with van der Waals surface area (Å²) < 4.78 is 5.17. The third-order valence-corrected chi connectivity index (χ3v) is 8.84. The summed E-state index contributed by atoms with van der Waals surface area (Å²) in [4.78, 5) is 23.7. The van der Waals surface area contributed by atoms with Crippen molar-refractivity contribution in [2.24, 2.45) is 5.92 Å². The molecule has 0 heterocycles. The summed E-state index contributed by atoms with van der Waals surface area (Å²) >= 11 is 0. The summed E-state index contributed by atoms with van der Waals surface area (Å²) in [5, 5.41) is 9.51. The molecule has 0 fully saturated rings. The fourth-order valence-corrected chi connectivity index (χ4v) is 5.83. The van der Waals surface area contributed by atoms with E-state index in [-0.39, 0.29) is 6.42 Å². The number of hydrogen-bond donors (Lipinski definition) is 1. The lowest BCUT2D eigenvalue weighted by Crippen LogP contribution is -2.18. The minimum absolute atomic E-state index is 0.0817. The first-order chi connectivity index (χ1) is 21.6. The van der Waals surface area contributed by atoms with Crippen LogP contribution in [0, 0.1) is 5.92 Å². The number of carbonyl (C=O) groups excluding carboxylic acids is 1. The summed E-state index contributed by atoms with van der Waals surface area (Å²) in [5.74, 6) is -2.11. The van der Waals surface area contributed by atoms with Crippen molar-refractivity contribution in [3.63, 3.8) is 0 Å². The van der Waals surface area contributed by atoms with E-state index in [9.17, 15) is 14.7 Å². The van der Waals surface area contributed by atoms with Gasteiger partial charge in [0.15, 0.2) is 0 Å². The highest BCUT2D eigenvalue weighted by Crippen LogP contribution is 2.16. The van der Waals surface area contributed by atoms with Gasteiger partial charge in [0.05, 0.1) is 18.6 Å². The summed E-state index contributed by atoms with van der Waals surface area (Å²) in [7, 11) is 0. The van der Waals surface area contributed by atoms with Crippen LogP contribution in [0.5, 0.6) is 0 Å². The standard InChI is InChI=1S/C40H74O4/c1-3-5-7-9-11-13-15-17-19-21-23-25-27-29-31-33-35-38(40(42)43)37-39(41)44-36-34-32-30-28-26-24-22-20-18-16-14-12-10-8-6-4-2/h31,33-34,36,38H,3-30,32,35,37H2,1-2H3,(H,42,43). The fraction of sp³-hybridized carbons (Fsp3) is 0.850. The van der Waals surface area contributed by atoms with Gasteiger partial charge in [-0.3, -0.25) is 9.59 Å². The Balaban J connectivity index is 3.63. The number of esters is 1. The summed E-state index contributed by atoms with van der Waals surface area (Å²) in [6, 6.07) is 0. The second kappa shape index (κ2) is 35.9. The van der Waals surface area contributed by atoms with Gasteiger partial charge in [-0.1, -0.05) is 187 Å². The molecule has 0 aromatic rings. The van der Waals surface area contributed by atoms with Gasteiger partial charge >= 0.3 is 11.9 Å². The molecule has 0 aliphatic rings.